The average Bonchev–Trinajstić information content (AvgIpc) is 3.31. The molecule has 0 atom stereocenters. The molecule has 148 valence electrons. The highest BCUT2D eigenvalue weighted by molar-refractivity contribution is 5.87. The van der Waals surface area contributed by atoms with Crippen molar-refractivity contribution in [3.05, 3.63) is 23.8 Å². The normalized spacial score (nSPS) is 13.4. The summed E-state index contributed by atoms with van der Waals surface area (Å²) in [4.78, 5) is 12.5. The summed E-state index contributed by atoms with van der Waals surface area (Å²) in [5.74, 6) is -0.930. The summed E-state index contributed by atoms with van der Waals surface area (Å²) in [6.45, 7) is -0.546. The number of halogens is 3. The number of tetrazole rings is 1. The van der Waals surface area contributed by atoms with Gasteiger partial charge in [0.2, 0.25) is 6.79 Å². The van der Waals surface area contributed by atoms with Crippen LogP contribution in [0.4, 0.5) is 13.2 Å². The van der Waals surface area contributed by atoms with Crippen LogP contribution in [0.5, 0.6) is 11.5 Å². The minimum Gasteiger partial charge on any atom is -0.454 e. The van der Waals surface area contributed by atoms with E-state index in [2.05, 4.69) is 15.5 Å². The highest BCUT2D eigenvalue weighted by atomic mass is 19.4. The number of fused-ring (bicyclic) bond motifs is 4. The van der Waals surface area contributed by atoms with Crippen LogP contribution in [0.2, 0.25) is 0 Å². The zero-order valence-electron chi connectivity index (χ0n) is 14.6. The van der Waals surface area contributed by atoms with E-state index in [-0.39, 0.29) is 32.1 Å². The summed E-state index contributed by atoms with van der Waals surface area (Å²) in [5, 5.41) is 12.0. The van der Waals surface area contributed by atoms with Crippen LogP contribution in [-0.2, 0) is 16.1 Å². The second-order valence-corrected chi connectivity index (χ2v) is 6.07. The van der Waals surface area contributed by atoms with Gasteiger partial charge in [0, 0.05) is 37.2 Å². The number of rotatable bonds is 5. The lowest BCUT2D eigenvalue weighted by Crippen LogP contribution is -2.42. The van der Waals surface area contributed by atoms with Crippen molar-refractivity contribution in [1.82, 2.24) is 24.9 Å². The smallest absolute Gasteiger partial charge is 0.454 e. The number of carbonyl (C=O) groups is 1. The molecule has 0 saturated carbocycles. The van der Waals surface area contributed by atoms with Crippen LogP contribution in [0.3, 0.4) is 0 Å². The van der Waals surface area contributed by atoms with E-state index in [1.54, 1.807) is 18.2 Å². The van der Waals surface area contributed by atoms with Crippen molar-refractivity contribution >= 4 is 22.5 Å². The number of hydrogen-bond acceptors (Lipinski definition) is 7. The number of methoxy groups -OCH3 is 1. The first kappa shape index (κ1) is 18.2. The lowest BCUT2D eigenvalue weighted by Gasteiger charge is -2.23. The lowest BCUT2D eigenvalue weighted by atomic mass is 10.1. The van der Waals surface area contributed by atoms with Gasteiger partial charge in [0.05, 0.1) is 12.1 Å². The third-order valence-electron chi connectivity index (χ3n) is 4.29. The fraction of sp³-hybridized carbons (Fsp3) is 0.375. The fourth-order valence-corrected chi connectivity index (χ4v) is 3.00. The van der Waals surface area contributed by atoms with Crippen molar-refractivity contribution in [1.29, 1.82) is 0 Å². The largest absolute Gasteiger partial charge is 0.471 e. The van der Waals surface area contributed by atoms with Crippen LogP contribution >= 0.6 is 0 Å². The average molecular weight is 397 g/mol. The van der Waals surface area contributed by atoms with Crippen LogP contribution < -0.4 is 9.47 Å². The molecule has 3 heterocycles. The number of nitrogens with zero attached hydrogens (tertiary/aromatic N) is 5. The van der Waals surface area contributed by atoms with Crippen LogP contribution in [0.25, 0.3) is 16.6 Å². The third-order valence-corrected chi connectivity index (χ3v) is 4.29. The maximum Gasteiger partial charge on any atom is 0.471 e. The zero-order valence-corrected chi connectivity index (χ0v) is 14.6. The third kappa shape index (κ3) is 3.15. The summed E-state index contributed by atoms with van der Waals surface area (Å²) in [5.41, 5.74) is 1.19. The van der Waals surface area contributed by atoms with E-state index < -0.39 is 12.1 Å². The molecule has 0 bridgehead atoms. The SMILES string of the molecule is COCCN(Cc1cc2cc3c(cc2n2nnnc12)OCO3)C(=O)C(F)(F)F. The number of carbonyl (C=O) groups excluding carboxylic acids is 1. The lowest BCUT2D eigenvalue weighted by molar-refractivity contribution is -0.186. The maximum absolute atomic E-state index is 13.0. The molecule has 28 heavy (non-hydrogen) atoms. The van der Waals surface area contributed by atoms with Crippen molar-refractivity contribution in [2.24, 2.45) is 0 Å². The van der Waals surface area contributed by atoms with Gasteiger partial charge in [-0.3, -0.25) is 4.79 Å². The van der Waals surface area contributed by atoms with Crippen molar-refractivity contribution < 1.29 is 32.2 Å². The monoisotopic (exact) mass is 397 g/mol. The Bertz CT molecular complexity index is 1050. The van der Waals surface area contributed by atoms with Crippen molar-refractivity contribution in [2.75, 3.05) is 27.1 Å². The first-order chi connectivity index (χ1) is 13.4. The molecular formula is C16H14F3N5O4. The van der Waals surface area contributed by atoms with Crippen molar-refractivity contribution in [3.63, 3.8) is 0 Å². The van der Waals surface area contributed by atoms with Gasteiger partial charge in [-0.1, -0.05) is 0 Å². The van der Waals surface area contributed by atoms with E-state index in [1.807, 2.05) is 0 Å². The number of benzene rings is 1. The highest BCUT2D eigenvalue weighted by Gasteiger charge is 2.42. The van der Waals surface area contributed by atoms with E-state index in [0.29, 0.717) is 32.9 Å². The van der Waals surface area contributed by atoms with Gasteiger partial charge in [0.25, 0.3) is 0 Å². The summed E-state index contributed by atoms with van der Waals surface area (Å²) >= 11 is 0. The predicted molar refractivity (Wildman–Crippen MR) is 87.8 cm³/mol. The molecule has 0 radical (unpaired) electrons. The second-order valence-electron chi connectivity index (χ2n) is 6.07. The number of hydrogen-bond donors (Lipinski definition) is 0. The summed E-state index contributed by atoms with van der Waals surface area (Å²) < 4.78 is 55.8. The molecule has 0 N–H and O–H groups in total. The number of pyridine rings is 1. The minimum absolute atomic E-state index is 0.0463. The Balaban J connectivity index is 1.79. The van der Waals surface area contributed by atoms with Gasteiger partial charge >= 0.3 is 12.1 Å². The van der Waals surface area contributed by atoms with Crippen molar-refractivity contribution in [2.45, 2.75) is 12.7 Å². The molecule has 1 aromatic carbocycles. The maximum atomic E-state index is 13.0. The Kier molecular flexibility index (Phi) is 4.41. The molecule has 9 nitrogen and oxygen atoms in total. The van der Waals surface area contributed by atoms with Crippen LogP contribution in [-0.4, -0.2) is 64.1 Å². The number of aromatic nitrogens is 4. The van der Waals surface area contributed by atoms with Gasteiger partial charge in [-0.15, -0.1) is 5.10 Å². The van der Waals surface area contributed by atoms with Gasteiger partial charge in [-0.25, -0.2) is 0 Å². The molecule has 0 spiro atoms. The molecule has 0 unspecified atom stereocenters. The number of amides is 1. The van der Waals surface area contributed by atoms with Gasteiger partial charge in [-0.05, 0) is 22.6 Å². The quantitative estimate of drug-likeness (QED) is 0.645. The Hall–Kier alpha value is -3.15. The Morgan fingerprint density at radius 1 is 1.29 bits per heavy atom. The molecule has 1 aliphatic heterocycles. The van der Waals surface area contributed by atoms with Crippen LogP contribution in [0, 0.1) is 0 Å². The Morgan fingerprint density at radius 2 is 2.04 bits per heavy atom. The topological polar surface area (TPSA) is 91.1 Å². The molecule has 3 aromatic rings. The fourth-order valence-electron chi connectivity index (χ4n) is 3.00. The zero-order chi connectivity index (χ0) is 19.9. The van der Waals surface area contributed by atoms with Gasteiger partial charge in [0.1, 0.15) is 0 Å². The molecular weight excluding hydrogens is 383 g/mol. The second kappa shape index (κ2) is 6.78. The minimum atomic E-state index is -5.00. The summed E-state index contributed by atoms with van der Waals surface area (Å²) in [6.07, 6.45) is -5.00. The molecule has 0 fully saturated rings. The first-order valence-electron chi connectivity index (χ1n) is 8.17. The van der Waals surface area contributed by atoms with E-state index in [0.717, 1.165) is 0 Å². The molecule has 0 aliphatic carbocycles. The Morgan fingerprint density at radius 3 is 2.75 bits per heavy atom. The summed E-state index contributed by atoms with van der Waals surface area (Å²) in [6, 6.07) is 5.01. The predicted octanol–water partition coefficient (Wildman–Crippen LogP) is 1.54. The van der Waals surface area contributed by atoms with Gasteiger partial charge in [-0.2, -0.15) is 17.7 Å². The van der Waals surface area contributed by atoms with Crippen LogP contribution in [0.1, 0.15) is 5.56 Å². The number of ether oxygens (including phenoxy) is 3. The van der Waals surface area contributed by atoms with E-state index in [9.17, 15) is 18.0 Å². The molecule has 12 heteroatoms. The molecule has 4 rings (SSSR count). The van der Waals surface area contributed by atoms with Crippen molar-refractivity contribution in [3.8, 4) is 11.5 Å². The standard InChI is InChI=1S/C16H14F3N5O4/c1-26-3-2-23(15(25)16(17,18)19)7-10-4-9-5-12-13(28-8-27-12)6-11(9)24-14(10)20-21-22-24/h4-6H,2-3,7-8H2,1H3. The highest BCUT2D eigenvalue weighted by Crippen LogP contribution is 2.36. The van der Waals surface area contributed by atoms with Gasteiger partial charge < -0.3 is 19.1 Å². The van der Waals surface area contributed by atoms with Gasteiger partial charge in [0.15, 0.2) is 17.1 Å². The summed E-state index contributed by atoms with van der Waals surface area (Å²) in [7, 11) is 1.34. The first-order valence-corrected chi connectivity index (χ1v) is 8.17. The molecule has 1 aliphatic rings. The molecule has 0 saturated heterocycles. The molecule has 1 amide bonds. The Labute approximate surface area is 155 Å². The van der Waals surface area contributed by atoms with Crippen LogP contribution in [0.15, 0.2) is 18.2 Å². The number of alkyl halides is 3. The van der Waals surface area contributed by atoms with E-state index in [1.165, 1.54) is 11.6 Å². The van der Waals surface area contributed by atoms with E-state index in [4.69, 9.17) is 14.2 Å². The van der Waals surface area contributed by atoms with E-state index >= 15 is 0 Å². The molecule has 2 aromatic heterocycles.